The number of amides is 1. The zero-order valence-corrected chi connectivity index (χ0v) is 15.1. The van der Waals surface area contributed by atoms with Crippen molar-refractivity contribution in [1.82, 2.24) is 5.32 Å². The third-order valence-electron chi connectivity index (χ3n) is 3.66. The molecular formula is C17H19N3O5S. The van der Waals surface area contributed by atoms with Gasteiger partial charge in [0.05, 0.1) is 4.92 Å². The first-order chi connectivity index (χ1) is 12.2. The molecule has 0 saturated carbocycles. The van der Waals surface area contributed by atoms with E-state index in [-0.39, 0.29) is 11.6 Å². The van der Waals surface area contributed by atoms with E-state index in [0.717, 1.165) is 11.8 Å². The van der Waals surface area contributed by atoms with Crippen LogP contribution in [-0.2, 0) is 21.2 Å². The molecule has 0 heterocycles. The summed E-state index contributed by atoms with van der Waals surface area (Å²) < 4.78 is 23.6. The largest absolute Gasteiger partial charge is 0.368 e. The first-order valence-corrected chi connectivity index (χ1v) is 9.65. The zero-order valence-electron chi connectivity index (χ0n) is 14.3. The van der Waals surface area contributed by atoms with Gasteiger partial charge >= 0.3 is 5.69 Å². The summed E-state index contributed by atoms with van der Waals surface area (Å²) in [5, 5.41) is 16.8. The molecule has 1 atom stereocenters. The third-order valence-corrected chi connectivity index (χ3v) is 4.78. The van der Waals surface area contributed by atoms with Gasteiger partial charge in [0, 0.05) is 12.8 Å². The number of nitro groups is 1. The molecule has 0 bridgehead atoms. The third kappa shape index (κ3) is 4.79. The normalized spacial score (nSPS) is 12.2. The van der Waals surface area contributed by atoms with Crippen molar-refractivity contribution in [3.63, 3.8) is 0 Å². The monoisotopic (exact) mass is 377 g/mol. The molecule has 8 nitrogen and oxygen atoms in total. The second-order valence-corrected chi connectivity index (χ2v) is 7.74. The minimum atomic E-state index is -3.79. The van der Waals surface area contributed by atoms with Crippen molar-refractivity contribution in [2.24, 2.45) is 0 Å². The molecule has 0 spiro atoms. The van der Waals surface area contributed by atoms with Crippen LogP contribution in [0.5, 0.6) is 0 Å². The molecule has 0 fully saturated rings. The summed E-state index contributed by atoms with van der Waals surface area (Å²) in [4.78, 5) is 22.4. The Bertz CT molecular complexity index is 913. The average Bonchev–Trinajstić information content (AvgIpc) is 2.59. The first kappa shape index (κ1) is 19.4. The highest BCUT2D eigenvalue weighted by Gasteiger charge is 2.27. The lowest BCUT2D eigenvalue weighted by Crippen LogP contribution is -2.37. The maximum Gasteiger partial charge on any atom is 0.310 e. The summed E-state index contributed by atoms with van der Waals surface area (Å²) >= 11 is 0. The second-order valence-electron chi connectivity index (χ2n) is 5.75. The summed E-state index contributed by atoms with van der Waals surface area (Å²) in [5.41, 5.74) is 0.316. The van der Waals surface area contributed by atoms with Crippen LogP contribution >= 0.6 is 0 Å². The Labute approximate surface area is 151 Å². The molecule has 0 aliphatic heterocycles. The van der Waals surface area contributed by atoms with E-state index in [4.69, 9.17) is 0 Å². The lowest BCUT2D eigenvalue weighted by atomic mass is 10.2. The molecular weight excluding hydrogens is 358 g/mol. The van der Waals surface area contributed by atoms with Crippen molar-refractivity contribution in [1.29, 1.82) is 0 Å². The topological polar surface area (TPSA) is 118 Å². The maximum atomic E-state index is 12.2. The molecule has 0 radical (unpaired) electrons. The predicted molar refractivity (Wildman–Crippen MR) is 97.6 cm³/mol. The highest BCUT2D eigenvalue weighted by Crippen LogP contribution is 2.32. The number of rotatable bonds is 7. The van der Waals surface area contributed by atoms with Crippen LogP contribution < -0.4 is 10.6 Å². The van der Waals surface area contributed by atoms with Crippen LogP contribution in [-0.4, -0.2) is 31.5 Å². The van der Waals surface area contributed by atoms with Gasteiger partial charge in [-0.2, -0.15) is 0 Å². The van der Waals surface area contributed by atoms with Crippen LogP contribution in [0.1, 0.15) is 12.5 Å². The molecule has 0 aliphatic carbocycles. The van der Waals surface area contributed by atoms with Crippen LogP contribution in [0.25, 0.3) is 0 Å². The van der Waals surface area contributed by atoms with E-state index in [0.29, 0.717) is 6.54 Å². The smallest absolute Gasteiger partial charge is 0.310 e. The van der Waals surface area contributed by atoms with Gasteiger partial charge in [-0.3, -0.25) is 14.9 Å². The molecule has 1 unspecified atom stereocenters. The summed E-state index contributed by atoms with van der Waals surface area (Å²) in [7, 11) is -3.79. The van der Waals surface area contributed by atoms with Crippen molar-refractivity contribution in [2.45, 2.75) is 24.4 Å². The van der Waals surface area contributed by atoms with Gasteiger partial charge < -0.3 is 10.6 Å². The van der Waals surface area contributed by atoms with E-state index < -0.39 is 31.4 Å². The number of carbonyl (C=O) groups is 1. The molecule has 1 amide bonds. The molecule has 0 saturated heterocycles. The van der Waals surface area contributed by atoms with Gasteiger partial charge in [0.1, 0.15) is 16.6 Å². The molecule has 2 N–H and O–H groups in total. The predicted octanol–water partition coefficient (Wildman–Crippen LogP) is 2.12. The minimum Gasteiger partial charge on any atom is -0.368 e. The van der Waals surface area contributed by atoms with Crippen molar-refractivity contribution in [3.05, 3.63) is 64.2 Å². The van der Waals surface area contributed by atoms with Gasteiger partial charge in [0.2, 0.25) is 5.91 Å². The van der Waals surface area contributed by atoms with Gasteiger partial charge in [0.25, 0.3) is 0 Å². The first-order valence-electron chi connectivity index (χ1n) is 7.76. The van der Waals surface area contributed by atoms with Gasteiger partial charge in [0.15, 0.2) is 9.84 Å². The van der Waals surface area contributed by atoms with Crippen molar-refractivity contribution in [2.75, 3.05) is 11.6 Å². The van der Waals surface area contributed by atoms with Crippen LogP contribution in [0.3, 0.4) is 0 Å². The molecule has 9 heteroatoms. The number of hydrogen-bond donors (Lipinski definition) is 2. The van der Waals surface area contributed by atoms with Crippen molar-refractivity contribution < 1.29 is 18.1 Å². The molecule has 0 aliphatic rings. The second kappa shape index (κ2) is 7.96. The molecule has 2 rings (SSSR count). The van der Waals surface area contributed by atoms with Crippen LogP contribution in [0.2, 0.25) is 0 Å². The summed E-state index contributed by atoms with van der Waals surface area (Å²) in [5.74, 6) is -0.368. The Hall–Kier alpha value is -2.94. The van der Waals surface area contributed by atoms with E-state index in [1.807, 2.05) is 30.3 Å². The van der Waals surface area contributed by atoms with Gasteiger partial charge in [-0.15, -0.1) is 0 Å². The number of benzene rings is 2. The molecule has 2 aromatic carbocycles. The van der Waals surface area contributed by atoms with Crippen molar-refractivity contribution >= 4 is 27.1 Å². The SMILES string of the molecule is CC(Nc1cccc(S(C)(=O)=O)c1[N+](=O)[O-])C(=O)NCc1ccccc1. The number of para-hydroxylation sites is 1. The number of nitro benzene ring substituents is 1. The minimum absolute atomic E-state index is 0.0275. The Balaban J connectivity index is 2.17. The zero-order chi connectivity index (χ0) is 19.3. The lowest BCUT2D eigenvalue weighted by Gasteiger charge is -2.16. The van der Waals surface area contributed by atoms with Gasteiger partial charge in [-0.25, -0.2) is 8.42 Å². The summed E-state index contributed by atoms with van der Waals surface area (Å²) in [6, 6.07) is 12.4. The van der Waals surface area contributed by atoms with Crippen LogP contribution in [0, 0.1) is 10.1 Å². The standard InChI is InChI=1S/C17H19N3O5S/c1-12(17(21)18-11-13-7-4-3-5-8-13)19-14-9-6-10-15(26(2,24)25)16(14)20(22)23/h3-10,12,19H,11H2,1-2H3,(H,18,21). The fourth-order valence-corrected chi connectivity index (χ4v) is 3.22. The number of anilines is 1. The molecule has 26 heavy (non-hydrogen) atoms. The average molecular weight is 377 g/mol. The van der Waals surface area contributed by atoms with Gasteiger partial charge in [-0.1, -0.05) is 36.4 Å². The van der Waals surface area contributed by atoms with Crippen LogP contribution in [0.15, 0.2) is 53.4 Å². The van der Waals surface area contributed by atoms with E-state index in [9.17, 15) is 23.3 Å². The number of nitrogens with zero attached hydrogens (tertiary/aromatic N) is 1. The number of nitrogens with one attached hydrogen (secondary N) is 2. The lowest BCUT2D eigenvalue weighted by molar-refractivity contribution is -0.386. The Kier molecular flexibility index (Phi) is 5.93. The Morgan fingerprint density at radius 3 is 2.38 bits per heavy atom. The van der Waals surface area contributed by atoms with E-state index in [1.54, 1.807) is 0 Å². The quantitative estimate of drug-likeness (QED) is 0.563. The van der Waals surface area contributed by atoms with E-state index in [1.165, 1.54) is 25.1 Å². The Morgan fingerprint density at radius 2 is 1.81 bits per heavy atom. The number of carbonyl (C=O) groups excluding carboxylic acids is 1. The number of sulfone groups is 1. The van der Waals surface area contributed by atoms with Gasteiger partial charge in [-0.05, 0) is 24.6 Å². The highest BCUT2D eigenvalue weighted by atomic mass is 32.2. The number of hydrogen-bond acceptors (Lipinski definition) is 6. The summed E-state index contributed by atoms with van der Waals surface area (Å²) in [6.07, 6.45) is 0.898. The Morgan fingerprint density at radius 1 is 1.15 bits per heavy atom. The fraction of sp³-hybridized carbons (Fsp3) is 0.235. The molecule has 0 aromatic heterocycles. The summed E-state index contributed by atoms with van der Waals surface area (Å²) in [6.45, 7) is 1.86. The fourth-order valence-electron chi connectivity index (χ4n) is 2.36. The van der Waals surface area contributed by atoms with E-state index >= 15 is 0 Å². The molecule has 138 valence electrons. The van der Waals surface area contributed by atoms with E-state index in [2.05, 4.69) is 10.6 Å². The highest BCUT2D eigenvalue weighted by molar-refractivity contribution is 7.90. The maximum absolute atomic E-state index is 12.2. The molecule has 2 aromatic rings. The van der Waals surface area contributed by atoms with Crippen molar-refractivity contribution in [3.8, 4) is 0 Å². The van der Waals surface area contributed by atoms with Crippen LogP contribution in [0.4, 0.5) is 11.4 Å².